The van der Waals surface area contributed by atoms with E-state index in [0.717, 1.165) is 17.9 Å². The normalized spacial score (nSPS) is 24.1. The Morgan fingerprint density at radius 1 is 1.07 bits per heavy atom. The van der Waals surface area contributed by atoms with Gasteiger partial charge in [0.05, 0.1) is 11.7 Å². The fourth-order valence-corrected chi connectivity index (χ4v) is 5.40. The van der Waals surface area contributed by atoms with Crippen molar-refractivity contribution in [3.63, 3.8) is 0 Å². The Kier molecular flexibility index (Phi) is 4.24. The van der Waals surface area contributed by atoms with E-state index in [1.165, 1.54) is 16.4 Å². The van der Waals surface area contributed by atoms with Gasteiger partial charge in [-0.2, -0.15) is 0 Å². The Hall–Kier alpha value is -2.53. The summed E-state index contributed by atoms with van der Waals surface area (Å²) in [6.45, 7) is 2.27. The summed E-state index contributed by atoms with van der Waals surface area (Å²) in [6, 6.07) is 19.6. The van der Waals surface area contributed by atoms with Crippen LogP contribution in [0, 0.1) is 0 Å². The van der Waals surface area contributed by atoms with Crippen LogP contribution < -0.4 is 0 Å². The summed E-state index contributed by atoms with van der Waals surface area (Å²) in [5.74, 6) is 1.13. The summed E-state index contributed by atoms with van der Waals surface area (Å²) in [5, 5.41) is 1.18. The van der Waals surface area contributed by atoms with Crippen LogP contribution in [0.1, 0.15) is 36.7 Å². The fourth-order valence-electron chi connectivity index (χ4n) is 4.06. The first-order valence-corrected chi connectivity index (χ1v) is 10.5. The van der Waals surface area contributed by atoms with E-state index in [2.05, 4.69) is 82.3 Å². The maximum Gasteiger partial charge on any atom is 0.160 e. The van der Waals surface area contributed by atoms with E-state index in [1.54, 1.807) is 0 Å². The predicted molar refractivity (Wildman–Crippen MR) is 111 cm³/mol. The summed E-state index contributed by atoms with van der Waals surface area (Å²) in [4.78, 5) is 12.3. The lowest BCUT2D eigenvalue weighted by Crippen LogP contribution is -2.35. The minimum absolute atomic E-state index is 0.0506. The molecule has 0 saturated carbocycles. The van der Waals surface area contributed by atoms with Crippen molar-refractivity contribution in [1.82, 2.24) is 14.5 Å². The highest BCUT2D eigenvalue weighted by Crippen LogP contribution is 2.48. The number of aliphatic imine (C=N–C) groups is 1. The van der Waals surface area contributed by atoms with Crippen LogP contribution in [0.4, 0.5) is 0 Å². The van der Waals surface area contributed by atoms with Gasteiger partial charge in [-0.3, -0.25) is 9.98 Å². The summed E-state index contributed by atoms with van der Waals surface area (Å²) >= 11 is 1.89. The molecule has 0 N–H and O–H groups in total. The van der Waals surface area contributed by atoms with Crippen LogP contribution in [0.5, 0.6) is 0 Å². The first kappa shape index (κ1) is 16.6. The summed E-state index contributed by atoms with van der Waals surface area (Å²) in [5.41, 5.74) is 3.53. The van der Waals surface area contributed by atoms with Crippen molar-refractivity contribution in [3.05, 3.63) is 84.4 Å². The second-order valence-electron chi connectivity index (χ2n) is 7.02. The largest absolute Gasteiger partial charge is 0.338 e. The van der Waals surface area contributed by atoms with Gasteiger partial charge >= 0.3 is 0 Å². The number of thioether (sulfide) groups is 1. The quantitative estimate of drug-likeness (QED) is 0.654. The van der Waals surface area contributed by atoms with Gasteiger partial charge in [-0.25, -0.2) is 0 Å². The molecule has 0 unspecified atom stereocenters. The van der Waals surface area contributed by atoms with E-state index >= 15 is 0 Å². The van der Waals surface area contributed by atoms with Crippen LogP contribution in [0.3, 0.4) is 0 Å². The molecule has 0 radical (unpaired) electrons. The molecule has 2 aromatic heterocycles. The lowest BCUT2D eigenvalue weighted by atomic mass is 9.97. The summed E-state index contributed by atoms with van der Waals surface area (Å²) in [6.07, 6.45) is 7.42. The van der Waals surface area contributed by atoms with Gasteiger partial charge in [-0.05, 0) is 42.3 Å². The van der Waals surface area contributed by atoms with Gasteiger partial charge in [-0.1, -0.05) is 43.0 Å². The number of amidine groups is 1. The molecule has 1 aromatic carbocycles. The number of nitrogens with zero attached hydrogens (tertiary/aromatic N) is 4. The number of hydrogen-bond acceptors (Lipinski definition) is 4. The van der Waals surface area contributed by atoms with Gasteiger partial charge in [-0.15, -0.1) is 0 Å². The second kappa shape index (κ2) is 6.89. The molecule has 4 nitrogen and oxygen atoms in total. The zero-order chi connectivity index (χ0) is 18.2. The molecule has 0 spiro atoms. The fraction of sp³-hybridized carbons (Fsp3) is 0.273. The molecule has 5 heteroatoms. The maximum absolute atomic E-state index is 5.09. The molecule has 3 aromatic rings. The molecule has 2 aliphatic rings. The average Bonchev–Trinajstić information content (AvgIpc) is 3.44. The lowest BCUT2D eigenvalue weighted by molar-refractivity contribution is 0.255. The van der Waals surface area contributed by atoms with Crippen molar-refractivity contribution in [1.29, 1.82) is 0 Å². The van der Waals surface area contributed by atoms with Gasteiger partial charge in [0.15, 0.2) is 5.17 Å². The number of fused-ring (bicyclic) bond motifs is 1. The summed E-state index contributed by atoms with van der Waals surface area (Å²) < 4.78 is 2.20. The van der Waals surface area contributed by atoms with Gasteiger partial charge in [0, 0.05) is 36.1 Å². The van der Waals surface area contributed by atoms with Crippen molar-refractivity contribution in [2.45, 2.75) is 31.5 Å². The molecular formula is C22H22N4S. The Morgan fingerprint density at radius 3 is 2.70 bits per heavy atom. The molecule has 2 aliphatic heterocycles. The maximum atomic E-state index is 5.09. The Morgan fingerprint density at radius 2 is 1.93 bits per heavy atom. The zero-order valence-electron chi connectivity index (χ0n) is 15.3. The van der Waals surface area contributed by atoms with Crippen LogP contribution in [0.15, 0.2) is 78.2 Å². The number of rotatable bonds is 4. The van der Waals surface area contributed by atoms with Crippen LogP contribution in [-0.4, -0.2) is 31.4 Å². The van der Waals surface area contributed by atoms with E-state index in [9.17, 15) is 0 Å². The highest BCUT2D eigenvalue weighted by molar-refractivity contribution is 8.14. The number of aromatic nitrogens is 2. The number of para-hydroxylation sites is 1. The first-order valence-electron chi connectivity index (χ1n) is 9.48. The Bertz CT molecular complexity index is 951. The Balaban J connectivity index is 1.56. The van der Waals surface area contributed by atoms with E-state index in [1.807, 2.05) is 24.0 Å². The molecular weight excluding hydrogens is 352 g/mol. The van der Waals surface area contributed by atoms with Crippen molar-refractivity contribution in [2.75, 3.05) is 5.75 Å². The molecule has 3 atom stereocenters. The van der Waals surface area contributed by atoms with Crippen LogP contribution in [0.25, 0.3) is 5.69 Å². The SMILES string of the molecule is CC[C@@H]1CSC2=N[C@@H](c3ccccn3)[C@H](c3ccn(-c4ccccc4)c3)N21. The minimum atomic E-state index is 0.0506. The van der Waals surface area contributed by atoms with Gasteiger partial charge < -0.3 is 9.47 Å². The molecule has 27 heavy (non-hydrogen) atoms. The number of pyridine rings is 1. The zero-order valence-corrected chi connectivity index (χ0v) is 16.1. The highest BCUT2D eigenvalue weighted by Gasteiger charge is 2.45. The molecule has 0 bridgehead atoms. The standard InChI is InChI=1S/C22H22N4S/c1-2-17-15-27-22-24-20(19-10-6-7-12-23-19)21(26(17)22)16-11-13-25(14-16)18-8-4-3-5-9-18/h3-14,17,20-21H,2,15H2,1H3/t17-,20+,21+/m1/s1. The van der Waals surface area contributed by atoms with E-state index in [-0.39, 0.29) is 12.1 Å². The number of benzene rings is 1. The van der Waals surface area contributed by atoms with Crippen LogP contribution in [-0.2, 0) is 0 Å². The van der Waals surface area contributed by atoms with Gasteiger partial charge in [0.1, 0.15) is 6.04 Å². The summed E-state index contributed by atoms with van der Waals surface area (Å²) in [7, 11) is 0. The molecule has 1 saturated heterocycles. The van der Waals surface area contributed by atoms with Crippen LogP contribution in [0.2, 0.25) is 0 Å². The third kappa shape index (κ3) is 2.86. The van der Waals surface area contributed by atoms with E-state index in [0.29, 0.717) is 6.04 Å². The molecule has 1 fully saturated rings. The smallest absolute Gasteiger partial charge is 0.160 e. The van der Waals surface area contributed by atoms with E-state index < -0.39 is 0 Å². The third-order valence-corrected chi connectivity index (χ3v) is 6.57. The van der Waals surface area contributed by atoms with Gasteiger partial charge in [0.25, 0.3) is 0 Å². The predicted octanol–water partition coefficient (Wildman–Crippen LogP) is 4.85. The lowest BCUT2D eigenvalue weighted by Gasteiger charge is -2.31. The van der Waals surface area contributed by atoms with Crippen molar-refractivity contribution in [3.8, 4) is 5.69 Å². The first-order chi connectivity index (χ1) is 13.3. The van der Waals surface area contributed by atoms with Crippen molar-refractivity contribution in [2.24, 2.45) is 4.99 Å². The van der Waals surface area contributed by atoms with E-state index in [4.69, 9.17) is 4.99 Å². The van der Waals surface area contributed by atoms with Crippen molar-refractivity contribution >= 4 is 16.9 Å². The average molecular weight is 375 g/mol. The van der Waals surface area contributed by atoms with Gasteiger partial charge in [0.2, 0.25) is 0 Å². The minimum Gasteiger partial charge on any atom is -0.338 e. The topological polar surface area (TPSA) is 33.4 Å². The van der Waals surface area contributed by atoms with Crippen molar-refractivity contribution < 1.29 is 0 Å². The molecule has 4 heterocycles. The number of hydrogen-bond donors (Lipinski definition) is 0. The highest BCUT2D eigenvalue weighted by atomic mass is 32.2. The molecule has 0 amide bonds. The molecule has 5 rings (SSSR count). The molecule has 0 aliphatic carbocycles. The molecule has 136 valence electrons. The van der Waals surface area contributed by atoms with Crippen LogP contribution >= 0.6 is 11.8 Å². The Labute approximate surface area is 164 Å². The second-order valence-corrected chi connectivity index (χ2v) is 8.01. The monoisotopic (exact) mass is 374 g/mol. The third-order valence-electron chi connectivity index (χ3n) is 5.44.